The summed E-state index contributed by atoms with van der Waals surface area (Å²) in [4.78, 5) is 0. The molecule has 0 amide bonds. The Bertz CT molecular complexity index is 278. The normalized spacial score (nSPS) is 10.8. The van der Waals surface area contributed by atoms with Gasteiger partial charge in [-0.1, -0.05) is 24.3 Å². The topological polar surface area (TPSA) is 9.23 Å². The van der Waals surface area contributed by atoms with Crippen LogP contribution in [0.15, 0.2) is 30.3 Å². The molecule has 1 aliphatic heterocycles. The number of para-hydroxylation sites is 1. The van der Waals surface area contributed by atoms with E-state index >= 15 is 0 Å². The van der Waals surface area contributed by atoms with Crippen molar-refractivity contribution >= 4 is 6.08 Å². The van der Waals surface area contributed by atoms with Crippen molar-refractivity contribution in [1.82, 2.24) is 0 Å². The van der Waals surface area contributed by atoms with Crippen LogP contribution in [0.1, 0.15) is 5.56 Å². The van der Waals surface area contributed by atoms with Crippen LogP contribution in [0, 0.1) is 0 Å². The van der Waals surface area contributed by atoms with Gasteiger partial charge in [0.05, 0.1) is 0 Å². The molecule has 1 nitrogen and oxygen atoms in total. The van der Waals surface area contributed by atoms with Crippen LogP contribution in [0.5, 0.6) is 5.75 Å². The van der Waals surface area contributed by atoms with Crippen molar-refractivity contribution in [3.8, 4) is 5.75 Å². The zero-order chi connectivity index (χ0) is 6.81. The van der Waals surface area contributed by atoms with Crippen molar-refractivity contribution in [2.75, 3.05) is 6.61 Å². The molecule has 1 heterocycles. The summed E-state index contributed by atoms with van der Waals surface area (Å²) in [6, 6.07) is 8.03. The predicted molar refractivity (Wildman–Crippen MR) is 41.0 cm³/mol. The first kappa shape index (κ1) is 16.1. The van der Waals surface area contributed by atoms with Gasteiger partial charge in [-0.05, 0) is 12.1 Å². The summed E-state index contributed by atoms with van der Waals surface area (Å²) in [6.45, 7) is 0.705. The Morgan fingerprint density at radius 2 is 1.85 bits per heavy atom. The molecule has 2 radical (unpaired) electrons. The zero-order valence-corrected chi connectivity index (χ0v) is 12.3. The third kappa shape index (κ3) is 4.12. The van der Waals surface area contributed by atoms with Gasteiger partial charge in [0.2, 0.25) is 0 Å². The molecule has 0 aliphatic carbocycles. The van der Waals surface area contributed by atoms with E-state index in [1.165, 1.54) is 5.56 Å². The maximum absolute atomic E-state index is 5.34. The smallest absolute Gasteiger partial charge is 0.126 e. The fraction of sp³-hybridized carbons (Fsp3) is 0.111. The van der Waals surface area contributed by atoms with Crippen molar-refractivity contribution in [3.63, 3.8) is 0 Å². The minimum atomic E-state index is 0. The maximum atomic E-state index is 5.34. The monoisotopic (exact) mass is 366 g/mol. The summed E-state index contributed by atoms with van der Waals surface area (Å²) >= 11 is 0. The summed E-state index contributed by atoms with van der Waals surface area (Å²) in [7, 11) is 0. The van der Waals surface area contributed by atoms with Gasteiger partial charge in [0.15, 0.2) is 0 Å². The molecule has 0 N–H and O–H groups in total. The van der Waals surface area contributed by atoms with Crippen LogP contribution in [0.4, 0.5) is 0 Å². The summed E-state index contributed by atoms with van der Waals surface area (Å²) in [6.07, 6.45) is 4.10. The standard InChI is InChI=1S/C9H8O.Ag.Cu.Zn/c1-2-6-9-8(4-1)5-3-7-10-9;;;/h1-6H,7H2;;;. The van der Waals surface area contributed by atoms with Gasteiger partial charge in [0.25, 0.3) is 0 Å². The van der Waals surface area contributed by atoms with Gasteiger partial charge in [0.1, 0.15) is 12.4 Å². The Balaban J connectivity index is 0. The first-order chi connectivity index (χ1) is 4.97. The second kappa shape index (κ2) is 7.99. The molecule has 2 rings (SSSR count). The van der Waals surface area contributed by atoms with Gasteiger partial charge in [-0.15, -0.1) is 0 Å². The van der Waals surface area contributed by atoms with Gasteiger partial charge in [-0.2, -0.15) is 0 Å². The summed E-state index contributed by atoms with van der Waals surface area (Å²) in [5.41, 5.74) is 1.17. The fourth-order valence-electron chi connectivity index (χ4n) is 1.06. The average Bonchev–Trinajstić information content (AvgIpc) is 2.05. The molecule has 0 saturated heterocycles. The van der Waals surface area contributed by atoms with E-state index in [9.17, 15) is 0 Å². The molecule has 0 bridgehead atoms. The minimum absolute atomic E-state index is 0. The van der Waals surface area contributed by atoms with Crippen molar-refractivity contribution in [1.29, 1.82) is 0 Å². The third-order valence-corrected chi connectivity index (χ3v) is 1.55. The third-order valence-electron chi connectivity index (χ3n) is 1.55. The van der Waals surface area contributed by atoms with E-state index in [-0.39, 0.29) is 58.9 Å². The molecule has 0 atom stereocenters. The van der Waals surface area contributed by atoms with Gasteiger partial charge >= 0.3 is 0 Å². The molecule has 1 aromatic carbocycles. The van der Waals surface area contributed by atoms with E-state index < -0.39 is 0 Å². The largest absolute Gasteiger partial charge is 0.489 e. The molecule has 0 unspecified atom stereocenters. The Kier molecular flexibility index (Phi) is 9.89. The van der Waals surface area contributed by atoms with Crippen LogP contribution in [-0.2, 0) is 58.9 Å². The van der Waals surface area contributed by atoms with Crippen LogP contribution in [-0.4, -0.2) is 6.61 Å². The number of benzene rings is 1. The van der Waals surface area contributed by atoms with E-state index in [2.05, 4.69) is 6.08 Å². The Morgan fingerprint density at radius 3 is 2.54 bits per heavy atom. The van der Waals surface area contributed by atoms with Crippen molar-refractivity contribution < 1.29 is 63.7 Å². The van der Waals surface area contributed by atoms with E-state index in [4.69, 9.17) is 4.74 Å². The maximum Gasteiger partial charge on any atom is 0.126 e. The first-order valence-corrected chi connectivity index (χ1v) is 3.35. The molecule has 13 heavy (non-hydrogen) atoms. The molecule has 1 aromatic rings. The van der Waals surface area contributed by atoms with E-state index in [0.29, 0.717) is 6.61 Å². The molecule has 0 aromatic heterocycles. The minimum Gasteiger partial charge on any atom is -0.489 e. The zero-order valence-electron chi connectivity index (χ0n) is 6.89. The molecule has 74 valence electrons. The molecule has 4 heteroatoms. The number of hydrogen-bond acceptors (Lipinski definition) is 1. The predicted octanol–water partition coefficient (Wildman–Crippen LogP) is 2.08. The summed E-state index contributed by atoms with van der Waals surface area (Å²) in [5, 5.41) is 0. The SMILES string of the molecule is C1=Cc2ccccc2OC1.[Ag].[Cu].[Zn]. The summed E-state index contributed by atoms with van der Waals surface area (Å²) in [5.74, 6) is 0.991. The number of ether oxygens (including phenoxy) is 1. The van der Waals surface area contributed by atoms with Crippen LogP contribution >= 0.6 is 0 Å². The number of rotatable bonds is 0. The second-order valence-corrected chi connectivity index (χ2v) is 2.25. The van der Waals surface area contributed by atoms with Crippen LogP contribution < -0.4 is 4.74 Å². The van der Waals surface area contributed by atoms with Crippen molar-refractivity contribution in [2.24, 2.45) is 0 Å². The average molecular weight is 369 g/mol. The van der Waals surface area contributed by atoms with Gasteiger partial charge in [0, 0.05) is 64.5 Å². The molecule has 0 spiro atoms. The number of fused-ring (bicyclic) bond motifs is 1. The van der Waals surface area contributed by atoms with Crippen LogP contribution in [0.2, 0.25) is 0 Å². The van der Waals surface area contributed by atoms with Gasteiger partial charge in [-0.3, -0.25) is 0 Å². The molecular weight excluding hydrogens is 361 g/mol. The van der Waals surface area contributed by atoms with E-state index in [1.54, 1.807) is 0 Å². The van der Waals surface area contributed by atoms with E-state index in [0.717, 1.165) is 5.75 Å². The van der Waals surface area contributed by atoms with Gasteiger partial charge in [-0.25, -0.2) is 0 Å². The van der Waals surface area contributed by atoms with Gasteiger partial charge < -0.3 is 4.74 Å². The van der Waals surface area contributed by atoms with Crippen LogP contribution in [0.25, 0.3) is 6.08 Å². The Morgan fingerprint density at radius 1 is 1.15 bits per heavy atom. The van der Waals surface area contributed by atoms with Crippen LogP contribution in [0.3, 0.4) is 0 Å². The Labute approximate surface area is 117 Å². The van der Waals surface area contributed by atoms with Crippen molar-refractivity contribution in [2.45, 2.75) is 0 Å². The molecule has 1 aliphatic rings. The first-order valence-electron chi connectivity index (χ1n) is 3.35. The Hall–Kier alpha value is 0.643. The quantitative estimate of drug-likeness (QED) is 0.637. The van der Waals surface area contributed by atoms with E-state index in [1.807, 2.05) is 30.3 Å². The summed E-state index contributed by atoms with van der Waals surface area (Å²) < 4.78 is 5.34. The molecule has 0 fully saturated rings. The molecule has 0 saturated carbocycles. The number of hydrogen-bond donors (Lipinski definition) is 0. The molecular formula is C9H8AgCuOZn. The van der Waals surface area contributed by atoms with Crippen molar-refractivity contribution in [3.05, 3.63) is 35.9 Å². The fourth-order valence-corrected chi connectivity index (χ4v) is 1.06. The second-order valence-electron chi connectivity index (χ2n) is 2.25.